The number of rotatable bonds is 9. The summed E-state index contributed by atoms with van der Waals surface area (Å²) in [6.45, 7) is 5.36. The van der Waals surface area contributed by atoms with Crippen LogP contribution < -0.4 is 5.32 Å². The zero-order chi connectivity index (χ0) is 16.0. The number of sulfonamides is 1. The van der Waals surface area contributed by atoms with Crippen LogP contribution in [0.2, 0.25) is 0 Å². The van der Waals surface area contributed by atoms with Gasteiger partial charge in [0.15, 0.2) is 0 Å². The molecular weight excluding hydrogens is 296 g/mol. The number of nitrogens with zero attached hydrogens (tertiary/aromatic N) is 1. The summed E-state index contributed by atoms with van der Waals surface area (Å²) in [6, 6.07) is 1.50. The van der Waals surface area contributed by atoms with Crippen LogP contribution in [0.4, 0.5) is 0 Å². The number of carboxylic acids is 1. The van der Waals surface area contributed by atoms with Gasteiger partial charge in [-0.1, -0.05) is 6.92 Å². The summed E-state index contributed by atoms with van der Waals surface area (Å²) >= 11 is 0. The molecule has 0 fully saturated rings. The van der Waals surface area contributed by atoms with Crippen molar-refractivity contribution in [1.29, 1.82) is 0 Å². The molecule has 1 rings (SSSR count). The second-order valence-electron chi connectivity index (χ2n) is 4.77. The van der Waals surface area contributed by atoms with Crippen LogP contribution in [0.3, 0.4) is 0 Å². The van der Waals surface area contributed by atoms with E-state index in [1.54, 1.807) is 13.8 Å². The number of nitrogens with one attached hydrogen (secondary N) is 1. The fourth-order valence-electron chi connectivity index (χ4n) is 1.99. The van der Waals surface area contributed by atoms with Gasteiger partial charge >= 0.3 is 5.97 Å². The Bertz CT molecular complexity index is 579. The van der Waals surface area contributed by atoms with E-state index in [1.165, 1.54) is 16.6 Å². The van der Waals surface area contributed by atoms with Gasteiger partial charge in [-0.25, -0.2) is 17.5 Å². The molecule has 120 valence electrons. The number of hydrogen-bond acceptors (Lipinski definition) is 5. The van der Waals surface area contributed by atoms with E-state index in [-0.39, 0.29) is 5.56 Å². The summed E-state index contributed by atoms with van der Waals surface area (Å²) < 4.78 is 29.5. The van der Waals surface area contributed by atoms with Crippen LogP contribution >= 0.6 is 0 Å². The van der Waals surface area contributed by atoms with Gasteiger partial charge < -0.3 is 14.8 Å². The molecule has 0 aliphatic rings. The van der Waals surface area contributed by atoms with Gasteiger partial charge in [0.2, 0.25) is 10.0 Å². The van der Waals surface area contributed by atoms with Gasteiger partial charge in [0, 0.05) is 13.1 Å². The monoisotopic (exact) mass is 318 g/mol. The Morgan fingerprint density at radius 3 is 2.62 bits per heavy atom. The second-order valence-corrected chi connectivity index (χ2v) is 6.76. The summed E-state index contributed by atoms with van der Waals surface area (Å²) in [5, 5.41) is 12.0. The third kappa shape index (κ3) is 5.49. The van der Waals surface area contributed by atoms with Gasteiger partial charge in [-0.05, 0) is 26.0 Å². The zero-order valence-electron chi connectivity index (χ0n) is 12.5. The van der Waals surface area contributed by atoms with E-state index < -0.39 is 16.0 Å². The van der Waals surface area contributed by atoms with Crippen molar-refractivity contribution in [3.8, 4) is 0 Å². The Balaban J connectivity index is 2.35. The van der Waals surface area contributed by atoms with Crippen molar-refractivity contribution in [1.82, 2.24) is 9.62 Å². The molecular formula is C13H22N2O5S. The summed E-state index contributed by atoms with van der Waals surface area (Å²) in [5.41, 5.74) is 0.168. The molecule has 0 unspecified atom stereocenters. The van der Waals surface area contributed by atoms with E-state index in [0.29, 0.717) is 44.1 Å². The van der Waals surface area contributed by atoms with Crippen molar-refractivity contribution in [2.45, 2.75) is 26.8 Å². The second kappa shape index (κ2) is 7.58. The van der Waals surface area contributed by atoms with E-state index in [4.69, 9.17) is 9.52 Å². The molecule has 0 bridgehead atoms. The normalized spacial score (nSPS) is 12.0. The number of hydrogen-bond donors (Lipinski definition) is 2. The first-order valence-corrected chi connectivity index (χ1v) is 8.59. The smallest absolute Gasteiger partial charge is 0.339 e. The van der Waals surface area contributed by atoms with Crippen molar-refractivity contribution < 1.29 is 22.7 Å². The maximum absolute atomic E-state index is 11.4. The molecule has 0 aliphatic carbocycles. The van der Waals surface area contributed by atoms with Gasteiger partial charge in [0.25, 0.3) is 0 Å². The maximum atomic E-state index is 11.4. The molecule has 0 saturated heterocycles. The fourth-order valence-corrected chi connectivity index (χ4v) is 2.92. The van der Waals surface area contributed by atoms with Gasteiger partial charge in [-0.3, -0.25) is 0 Å². The standard InChI is InChI=1S/C13H22N2O5S/c1-4-15(21(3,18)19)7-5-6-14-9-11-8-12(13(16)17)10(2)20-11/h8,14H,4-7,9H2,1-3H3,(H,16,17). The number of carboxylic acid groups (broad SMARTS) is 1. The predicted molar refractivity (Wildman–Crippen MR) is 78.8 cm³/mol. The quantitative estimate of drug-likeness (QED) is 0.660. The van der Waals surface area contributed by atoms with E-state index in [1.807, 2.05) is 0 Å². The first-order chi connectivity index (χ1) is 9.75. The first kappa shape index (κ1) is 17.7. The van der Waals surface area contributed by atoms with Crippen LogP contribution in [-0.4, -0.2) is 49.7 Å². The molecule has 21 heavy (non-hydrogen) atoms. The molecule has 1 aromatic rings. The minimum atomic E-state index is -3.14. The van der Waals surface area contributed by atoms with Crippen molar-refractivity contribution in [3.05, 3.63) is 23.2 Å². The maximum Gasteiger partial charge on any atom is 0.339 e. The molecule has 0 aliphatic heterocycles. The van der Waals surface area contributed by atoms with Gasteiger partial charge in [-0.15, -0.1) is 0 Å². The number of aromatic carboxylic acids is 1. The van der Waals surface area contributed by atoms with Crippen LogP contribution in [-0.2, 0) is 16.6 Å². The Hall–Kier alpha value is -1.38. The molecule has 1 heterocycles. The highest BCUT2D eigenvalue weighted by Crippen LogP contribution is 2.14. The molecule has 8 heteroatoms. The molecule has 0 atom stereocenters. The van der Waals surface area contributed by atoms with Crippen LogP contribution in [0.15, 0.2) is 10.5 Å². The highest BCUT2D eigenvalue weighted by molar-refractivity contribution is 7.88. The summed E-state index contributed by atoms with van der Waals surface area (Å²) in [4.78, 5) is 10.9. The summed E-state index contributed by atoms with van der Waals surface area (Å²) in [6.07, 6.45) is 1.87. The molecule has 0 radical (unpaired) electrons. The lowest BCUT2D eigenvalue weighted by Gasteiger charge is -2.17. The third-order valence-electron chi connectivity index (χ3n) is 3.08. The lowest BCUT2D eigenvalue weighted by Crippen LogP contribution is -2.32. The first-order valence-electron chi connectivity index (χ1n) is 6.74. The molecule has 0 aromatic carbocycles. The van der Waals surface area contributed by atoms with Crippen molar-refractivity contribution in [2.24, 2.45) is 0 Å². The fraction of sp³-hybridized carbons (Fsp3) is 0.615. The Labute approximate surface area is 125 Å². The molecule has 0 saturated carbocycles. The van der Waals surface area contributed by atoms with E-state index in [9.17, 15) is 13.2 Å². The molecule has 0 amide bonds. The average Bonchev–Trinajstić information content (AvgIpc) is 2.73. The molecule has 1 aromatic heterocycles. The lowest BCUT2D eigenvalue weighted by molar-refractivity contribution is 0.0695. The topological polar surface area (TPSA) is 99.8 Å². The molecule has 2 N–H and O–H groups in total. The van der Waals surface area contributed by atoms with Gasteiger partial charge in [0.1, 0.15) is 17.1 Å². The third-order valence-corrected chi connectivity index (χ3v) is 4.46. The van der Waals surface area contributed by atoms with Crippen molar-refractivity contribution >= 4 is 16.0 Å². The van der Waals surface area contributed by atoms with E-state index >= 15 is 0 Å². The Morgan fingerprint density at radius 1 is 1.48 bits per heavy atom. The van der Waals surface area contributed by atoms with Crippen LogP contribution in [0, 0.1) is 6.92 Å². The minimum absolute atomic E-state index is 0.168. The molecule has 0 spiro atoms. The van der Waals surface area contributed by atoms with Crippen LogP contribution in [0.25, 0.3) is 0 Å². The van der Waals surface area contributed by atoms with Gasteiger partial charge in [-0.2, -0.15) is 0 Å². The highest BCUT2D eigenvalue weighted by Gasteiger charge is 2.14. The number of aryl methyl sites for hydroxylation is 1. The SMILES string of the molecule is CCN(CCCNCc1cc(C(=O)O)c(C)o1)S(C)(=O)=O. The predicted octanol–water partition coefficient (Wildman–Crippen LogP) is 1.05. The summed E-state index contributed by atoms with van der Waals surface area (Å²) in [7, 11) is -3.14. The highest BCUT2D eigenvalue weighted by atomic mass is 32.2. The summed E-state index contributed by atoms with van der Waals surface area (Å²) in [5.74, 6) is -0.0665. The molecule has 7 nitrogen and oxygen atoms in total. The van der Waals surface area contributed by atoms with Crippen LogP contribution in [0.5, 0.6) is 0 Å². The van der Waals surface area contributed by atoms with E-state index in [0.717, 1.165) is 0 Å². The number of carbonyl (C=O) groups is 1. The van der Waals surface area contributed by atoms with E-state index in [2.05, 4.69) is 5.32 Å². The lowest BCUT2D eigenvalue weighted by atomic mass is 10.2. The Morgan fingerprint density at radius 2 is 2.14 bits per heavy atom. The number of furan rings is 1. The van der Waals surface area contributed by atoms with Crippen molar-refractivity contribution in [2.75, 3.05) is 25.9 Å². The van der Waals surface area contributed by atoms with Crippen molar-refractivity contribution in [3.63, 3.8) is 0 Å². The van der Waals surface area contributed by atoms with Crippen LogP contribution in [0.1, 0.15) is 35.2 Å². The minimum Gasteiger partial charge on any atom is -0.478 e. The van der Waals surface area contributed by atoms with Gasteiger partial charge in [0.05, 0.1) is 12.8 Å². The largest absolute Gasteiger partial charge is 0.478 e. The Kier molecular flexibility index (Phi) is 6.38. The zero-order valence-corrected chi connectivity index (χ0v) is 13.4. The average molecular weight is 318 g/mol.